The van der Waals surface area contributed by atoms with Gasteiger partial charge >= 0.3 is 6.03 Å². The Bertz CT molecular complexity index is 1840. The predicted octanol–water partition coefficient (Wildman–Crippen LogP) is 4.18. The van der Waals surface area contributed by atoms with Gasteiger partial charge in [0.15, 0.2) is 0 Å². The number of carbonyl (C=O) groups is 2. The highest BCUT2D eigenvalue weighted by Crippen LogP contribution is 2.32. The fourth-order valence-electron chi connectivity index (χ4n) is 6.50. The summed E-state index contributed by atoms with van der Waals surface area (Å²) >= 11 is 0. The van der Waals surface area contributed by atoms with E-state index in [4.69, 9.17) is 10.4 Å². The number of amides is 3. The molecule has 286 valence electrons. The van der Waals surface area contributed by atoms with E-state index in [1.54, 1.807) is 34.9 Å². The quantitative estimate of drug-likeness (QED) is 0.0847. The molecule has 14 nitrogen and oxygen atoms in total. The van der Waals surface area contributed by atoms with Crippen LogP contribution >= 0.6 is 0 Å². The van der Waals surface area contributed by atoms with E-state index in [0.29, 0.717) is 29.9 Å². The van der Waals surface area contributed by atoms with E-state index in [2.05, 4.69) is 20.6 Å². The van der Waals surface area contributed by atoms with Gasteiger partial charge in [0.1, 0.15) is 5.54 Å². The largest absolute Gasteiger partial charge is 0.411 e. The van der Waals surface area contributed by atoms with Gasteiger partial charge in [0.25, 0.3) is 0 Å². The molecule has 1 aromatic heterocycles. The fraction of sp³-hybridized carbons (Fsp3) is 0.447. The average Bonchev–Trinajstić information content (AvgIpc) is 3.50. The van der Waals surface area contributed by atoms with Crippen LogP contribution in [0.15, 0.2) is 88.0 Å². The van der Waals surface area contributed by atoms with Crippen molar-refractivity contribution in [3.05, 3.63) is 95.3 Å². The summed E-state index contributed by atoms with van der Waals surface area (Å²) in [5.74, 6) is -0.834. The third-order valence-electron chi connectivity index (χ3n) is 9.82. The molecule has 3 aromatic rings. The predicted molar refractivity (Wildman–Crippen MR) is 201 cm³/mol. The molecule has 15 heteroatoms. The number of nitrogens with one attached hydrogen (secondary N) is 1. The first-order valence-corrected chi connectivity index (χ1v) is 19.2. The Morgan fingerprint density at radius 2 is 1.66 bits per heavy atom. The van der Waals surface area contributed by atoms with Gasteiger partial charge in [0.2, 0.25) is 15.9 Å². The lowest BCUT2D eigenvalue weighted by Crippen LogP contribution is -2.64. The highest BCUT2D eigenvalue weighted by Gasteiger charge is 2.50. The molecule has 2 heterocycles. The third-order valence-corrected chi connectivity index (χ3v) is 11.7. The van der Waals surface area contributed by atoms with E-state index in [9.17, 15) is 23.1 Å². The van der Waals surface area contributed by atoms with Crippen LogP contribution in [0.1, 0.15) is 63.6 Å². The molecule has 0 saturated carbocycles. The van der Waals surface area contributed by atoms with Crippen molar-refractivity contribution in [2.24, 2.45) is 22.1 Å². The topological polar surface area (TPSA) is 188 Å². The molecule has 0 bridgehead atoms. The highest BCUT2D eigenvalue weighted by molar-refractivity contribution is 7.89. The van der Waals surface area contributed by atoms with Gasteiger partial charge in [0.05, 0.1) is 47.4 Å². The molecule has 1 fully saturated rings. The molecule has 53 heavy (non-hydrogen) atoms. The first kappa shape index (κ1) is 40.9. The zero-order valence-electron chi connectivity index (χ0n) is 30.9. The van der Waals surface area contributed by atoms with Gasteiger partial charge in [-0.3, -0.25) is 4.79 Å². The average molecular weight is 750 g/mol. The molecule has 1 saturated heterocycles. The van der Waals surface area contributed by atoms with Crippen molar-refractivity contribution >= 4 is 34.4 Å². The van der Waals surface area contributed by atoms with Crippen molar-refractivity contribution in [3.63, 3.8) is 0 Å². The fourth-order valence-corrected chi connectivity index (χ4v) is 8.13. The number of sulfonamides is 1. The van der Waals surface area contributed by atoms with Crippen molar-refractivity contribution in [2.45, 2.75) is 76.6 Å². The van der Waals surface area contributed by atoms with Crippen LogP contribution in [0.3, 0.4) is 0 Å². The normalized spacial score (nSPS) is 16.8. The standard InChI is InChI=1S/C38H51N7O7S/c1-6-28(4)38(5,45-20-19-43(37(45)48)25-32-14-10-13-31(41-32)23-40-50)36(47)42-34(21-29-11-8-7-9-12-29)35(46)26-44(24-27(2)3)53(51,52)33-17-15-30(16-18-33)22-39-49/h7-18,22-23,27-28,34-35,46,49-50H,6,19-21,24-26H2,1-5H3,(H,42,47)/b39-22+,40-23?/t28?,34-,35+,38-/m0/s1. The number of hydrogen-bond acceptors (Lipinski definition) is 10. The van der Waals surface area contributed by atoms with Crippen LogP contribution in [-0.4, -0.2) is 111 Å². The molecule has 4 atom stereocenters. The molecule has 1 aliphatic heterocycles. The lowest BCUT2D eigenvalue weighted by atomic mass is 9.82. The van der Waals surface area contributed by atoms with Crippen molar-refractivity contribution in [3.8, 4) is 0 Å². The second-order valence-corrected chi connectivity index (χ2v) is 15.9. The van der Waals surface area contributed by atoms with E-state index in [1.807, 2.05) is 58.0 Å². The van der Waals surface area contributed by atoms with Crippen LogP contribution in [0, 0.1) is 11.8 Å². The Kier molecular flexibility index (Phi) is 14.1. The Morgan fingerprint density at radius 1 is 0.981 bits per heavy atom. The molecule has 4 N–H and O–H groups in total. The Balaban J connectivity index is 1.63. The summed E-state index contributed by atoms with van der Waals surface area (Å²) in [6.45, 7) is 9.97. The SMILES string of the molecule is CCC(C)[C@@](C)(C(=O)N[C@@H](Cc1ccccc1)[C@H](O)CN(CC(C)C)S(=O)(=O)c1ccc(/C=N/O)cc1)N1CCN(Cc2cccc(C=NO)n2)C1=O. The lowest BCUT2D eigenvalue weighted by Gasteiger charge is -2.43. The Morgan fingerprint density at radius 3 is 2.28 bits per heavy atom. The second kappa shape index (κ2) is 18.3. The van der Waals surface area contributed by atoms with Gasteiger partial charge in [-0.05, 0) is 60.6 Å². The maximum Gasteiger partial charge on any atom is 0.321 e. The number of benzene rings is 2. The Labute approximate surface area is 311 Å². The van der Waals surface area contributed by atoms with E-state index in [0.717, 1.165) is 5.56 Å². The number of aromatic nitrogens is 1. The summed E-state index contributed by atoms with van der Waals surface area (Å²) in [5.41, 5.74) is 1.04. The number of aliphatic hydroxyl groups excluding tert-OH is 1. The minimum absolute atomic E-state index is 0.00832. The maximum atomic E-state index is 14.6. The summed E-state index contributed by atoms with van der Waals surface area (Å²) in [4.78, 5) is 36.2. The van der Waals surface area contributed by atoms with Crippen molar-refractivity contribution in [2.75, 3.05) is 26.2 Å². The van der Waals surface area contributed by atoms with Gasteiger partial charge < -0.3 is 30.6 Å². The van der Waals surface area contributed by atoms with Crippen LogP contribution in [0.2, 0.25) is 0 Å². The summed E-state index contributed by atoms with van der Waals surface area (Å²) < 4.78 is 29.1. The lowest BCUT2D eigenvalue weighted by molar-refractivity contribution is -0.135. The van der Waals surface area contributed by atoms with Crippen LogP contribution < -0.4 is 5.32 Å². The van der Waals surface area contributed by atoms with Crippen molar-refractivity contribution in [1.29, 1.82) is 0 Å². The first-order valence-electron chi connectivity index (χ1n) is 17.7. The molecule has 1 unspecified atom stereocenters. The molecular formula is C38H51N7O7S. The number of urea groups is 1. The molecule has 0 radical (unpaired) electrons. The van der Waals surface area contributed by atoms with Crippen LogP contribution in [-0.2, 0) is 27.8 Å². The summed E-state index contributed by atoms with van der Waals surface area (Å²) in [6.07, 6.45) is 1.84. The summed E-state index contributed by atoms with van der Waals surface area (Å²) in [5, 5.41) is 38.8. The summed E-state index contributed by atoms with van der Waals surface area (Å²) in [6, 6.07) is 19.1. The summed E-state index contributed by atoms with van der Waals surface area (Å²) in [7, 11) is -4.09. The number of nitrogens with zero attached hydrogens (tertiary/aromatic N) is 6. The zero-order chi connectivity index (χ0) is 38.8. The van der Waals surface area contributed by atoms with Crippen molar-refractivity contribution in [1.82, 2.24) is 24.4 Å². The first-order chi connectivity index (χ1) is 25.2. The van der Waals surface area contributed by atoms with E-state index in [-0.39, 0.29) is 55.4 Å². The Hall–Kier alpha value is -4.86. The molecule has 0 aliphatic carbocycles. The van der Waals surface area contributed by atoms with Crippen LogP contribution in [0.4, 0.5) is 4.79 Å². The van der Waals surface area contributed by atoms with Crippen LogP contribution in [0.25, 0.3) is 0 Å². The minimum Gasteiger partial charge on any atom is -0.411 e. The van der Waals surface area contributed by atoms with E-state index < -0.39 is 33.6 Å². The number of carbonyl (C=O) groups excluding carboxylic acids is 2. The molecule has 4 rings (SSSR count). The maximum absolute atomic E-state index is 14.6. The van der Waals surface area contributed by atoms with Gasteiger partial charge in [-0.25, -0.2) is 18.2 Å². The van der Waals surface area contributed by atoms with Crippen LogP contribution in [0.5, 0.6) is 0 Å². The highest BCUT2D eigenvalue weighted by atomic mass is 32.2. The zero-order valence-corrected chi connectivity index (χ0v) is 31.7. The van der Waals surface area contributed by atoms with Gasteiger partial charge in [-0.15, -0.1) is 0 Å². The third kappa shape index (κ3) is 9.97. The van der Waals surface area contributed by atoms with E-state index >= 15 is 0 Å². The van der Waals surface area contributed by atoms with Gasteiger partial charge in [-0.2, -0.15) is 4.31 Å². The number of aliphatic hydroxyl groups is 1. The van der Waals surface area contributed by atoms with Crippen molar-refractivity contribution < 1.29 is 33.5 Å². The number of rotatable bonds is 18. The minimum atomic E-state index is -4.09. The molecule has 1 aliphatic rings. The van der Waals surface area contributed by atoms with E-state index in [1.165, 1.54) is 41.0 Å². The number of hydrogen-bond donors (Lipinski definition) is 4. The number of oxime groups is 2. The molecule has 3 amide bonds. The monoisotopic (exact) mass is 749 g/mol. The van der Waals surface area contributed by atoms with Gasteiger partial charge in [-0.1, -0.05) is 93.0 Å². The second-order valence-electron chi connectivity index (χ2n) is 14.0. The molecular weight excluding hydrogens is 699 g/mol. The molecule has 2 aromatic carbocycles. The molecule has 0 spiro atoms. The number of pyridine rings is 1. The smallest absolute Gasteiger partial charge is 0.321 e. The van der Waals surface area contributed by atoms with Gasteiger partial charge in [0, 0.05) is 26.2 Å².